The number of aromatic carboxylic acids is 1. The molecule has 0 aliphatic carbocycles. The van der Waals surface area contributed by atoms with E-state index in [0.29, 0.717) is 17.7 Å². The van der Waals surface area contributed by atoms with Gasteiger partial charge in [-0.15, -0.1) is 0 Å². The highest BCUT2D eigenvalue weighted by Gasteiger charge is 2.14. The molecule has 3 nitrogen and oxygen atoms in total. The summed E-state index contributed by atoms with van der Waals surface area (Å²) in [6.45, 7) is 2.93. The lowest BCUT2D eigenvalue weighted by Crippen LogP contribution is -2.02. The molecular weight excluding hydrogens is 360 g/mol. The first-order valence-corrected chi connectivity index (χ1v) is 11.3. The van der Waals surface area contributed by atoms with Crippen molar-refractivity contribution in [2.75, 3.05) is 6.61 Å². The van der Waals surface area contributed by atoms with Crippen molar-refractivity contribution in [3.8, 4) is 16.9 Å². The van der Waals surface area contributed by atoms with Crippen LogP contribution in [-0.2, 0) is 0 Å². The van der Waals surface area contributed by atoms with Gasteiger partial charge in [-0.3, -0.25) is 0 Å². The molecular formula is C26H36O3. The van der Waals surface area contributed by atoms with Crippen LogP contribution in [0.5, 0.6) is 5.75 Å². The minimum Gasteiger partial charge on any atom is -0.493 e. The number of carboxylic acids is 1. The van der Waals surface area contributed by atoms with E-state index in [-0.39, 0.29) is 0 Å². The van der Waals surface area contributed by atoms with Crippen LogP contribution in [-0.4, -0.2) is 17.7 Å². The lowest BCUT2D eigenvalue weighted by atomic mass is 9.99. The van der Waals surface area contributed by atoms with Crippen LogP contribution in [0.15, 0.2) is 48.5 Å². The van der Waals surface area contributed by atoms with Gasteiger partial charge in [0.25, 0.3) is 0 Å². The number of hydrogen-bond donors (Lipinski definition) is 1. The predicted octanol–water partition coefficient (Wildman–Crippen LogP) is 7.74. The summed E-state index contributed by atoms with van der Waals surface area (Å²) in [7, 11) is 0. The largest absolute Gasteiger partial charge is 0.493 e. The molecule has 0 heterocycles. The third-order valence-corrected chi connectivity index (χ3v) is 5.34. The third kappa shape index (κ3) is 8.31. The van der Waals surface area contributed by atoms with Gasteiger partial charge in [-0.1, -0.05) is 108 Å². The summed E-state index contributed by atoms with van der Waals surface area (Å²) >= 11 is 0. The number of rotatable bonds is 15. The molecule has 1 N–H and O–H groups in total. The molecule has 0 saturated heterocycles. The summed E-state index contributed by atoms with van der Waals surface area (Å²) in [5.41, 5.74) is 1.85. The van der Waals surface area contributed by atoms with Crippen LogP contribution >= 0.6 is 0 Å². The number of ether oxygens (including phenoxy) is 1. The Hall–Kier alpha value is -2.29. The molecule has 29 heavy (non-hydrogen) atoms. The molecule has 0 spiro atoms. The van der Waals surface area contributed by atoms with Crippen LogP contribution in [0.4, 0.5) is 0 Å². The molecule has 0 aliphatic heterocycles. The number of hydrogen-bond acceptors (Lipinski definition) is 2. The normalized spacial score (nSPS) is 10.8. The van der Waals surface area contributed by atoms with Crippen LogP contribution in [0.3, 0.4) is 0 Å². The van der Waals surface area contributed by atoms with Crippen LogP contribution in [0.2, 0.25) is 0 Å². The van der Waals surface area contributed by atoms with Gasteiger partial charge in [-0.2, -0.15) is 0 Å². The van der Waals surface area contributed by atoms with Crippen molar-refractivity contribution in [1.29, 1.82) is 0 Å². The van der Waals surface area contributed by atoms with Crippen LogP contribution in [0, 0.1) is 0 Å². The SMILES string of the molecule is CCCCCCCCCCCCCOc1ccccc1-c1ccccc1C(=O)O. The topological polar surface area (TPSA) is 46.5 Å². The van der Waals surface area contributed by atoms with Crippen LogP contribution in [0.1, 0.15) is 87.9 Å². The maximum atomic E-state index is 11.5. The van der Waals surface area contributed by atoms with Crippen LogP contribution < -0.4 is 4.74 Å². The van der Waals surface area contributed by atoms with Crippen molar-refractivity contribution in [3.05, 3.63) is 54.1 Å². The molecule has 2 aromatic rings. The lowest BCUT2D eigenvalue weighted by Gasteiger charge is -2.13. The number of unbranched alkanes of at least 4 members (excludes halogenated alkanes) is 10. The van der Waals surface area contributed by atoms with E-state index in [1.54, 1.807) is 12.1 Å². The first kappa shape index (κ1) is 23.0. The van der Waals surface area contributed by atoms with Gasteiger partial charge in [0.15, 0.2) is 0 Å². The second kappa shape index (κ2) is 13.8. The van der Waals surface area contributed by atoms with Gasteiger partial charge in [-0.25, -0.2) is 4.79 Å². The van der Waals surface area contributed by atoms with Crippen molar-refractivity contribution in [2.24, 2.45) is 0 Å². The van der Waals surface area contributed by atoms with Crippen molar-refractivity contribution in [3.63, 3.8) is 0 Å². The van der Waals surface area contributed by atoms with E-state index in [2.05, 4.69) is 6.92 Å². The first-order chi connectivity index (χ1) is 14.2. The molecule has 0 amide bonds. The van der Waals surface area contributed by atoms with E-state index < -0.39 is 5.97 Å². The Morgan fingerprint density at radius 3 is 1.86 bits per heavy atom. The Balaban J connectivity index is 1.70. The Labute approximate surface area is 176 Å². The monoisotopic (exact) mass is 396 g/mol. The molecule has 0 unspecified atom stereocenters. The molecule has 0 aromatic heterocycles. The van der Waals surface area contributed by atoms with Gasteiger partial charge in [0.1, 0.15) is 5.75 Å². The average Bonchev–Trinajstić information content (AvgIpc) is 2.75. The van der Waals surface area contributed by atoms with E-state index in [4.69, 9.17) is 4.74 Å². The maximum absolute atomic E-state index is 11.5. The molecule has 0 aliphatic rings. The fourth-order valence-corrected chi connectivity index (χ4v) is 3.67. The Morgan fingerprint density at radius 1 is 0.724 bits per heavy atom. The van der Waals surface area contributed by atoms with Crippen molar-refractivity contribution < 1.29 is 14.6 Å². The van der Waals surface area contributed by atoms with Gasteiger partial charge in [-0.05, 0) is 24.1 Å². The van der Waals surface area contributed by atoms with Crippen molar-refractivity contribution >= 4 is 5.97 Å². The smallest absolute Gasteiger partial charge is 0.336 e. The number of carboxylic acid groups (broad SMARTS) is 1. The highest BCUT2D eigenvalue weighted by molar-refractivity contribution is 5.96. The van der Waals surface area contributed by atoms with Gasteiger partial charge < -0.3 is 9.84 Å². The molecule has 158 valence electrons. The first-order valence-electron chi connectivity index (χ1n) is 11.3. The van der Waals surface area contributed by atoms with Gasteiger partial charge in [0.2, 0.25) is 0 Å². The van der Waals surface area contributed by atoms with Crippen molar-refractivity contribution in [1.82, 2.24) is 0 Å². The standard InChI is InChI=1S/C26H36O3/c1-2-3-4-5-6-7-8-9-10-11-16-21-29-25-20-15-14-18-23(25)22-17-12-13-19-24(22)26(27)28/h12-15,17-20H,2-11,16,21H2,1H3,(H,27,28). The zero-order valence-electron chi connectivity index (χ0n) is 17.9. The molecule has 0 saturated carbocycles. The number of carbonyl (C=O) groups is 1. The minimum atomic E-state index is -0.916. The van der Waals surface area contributed by atoms with Crippen molar-refractivity contribution in [2.45, 2.75) is 77.6 Å². The third-order valence-electron chi connectivity index (χ3n) is 5.34. The van der Waals surface area contributed by atoms with E-state index >= 15 is 0 Å². The summed E-state index contributed by atoms with van der Waals surface area (Å²) in [4.78, 5) is 11.5. The van der Waals surface area contributed by atoms with Gasteiger partial charge in [0.05, 0.1) is 12.2 Å². The van der Waals surface area contributed by atoms with Gasteiger partial charge >= 0.3 is 5.97 Å². The fourth-order valence-electron chi connectivity index (χ4n) is 3.67. The molecule has 0 radical (unpaired) electrons. The lowest BCUT2D eigenvalue weighted by molar-refractivity contribution is 0.0697. The zero-order valence-corrected chi connectivity index (χ0v) is 17.9. The molecule has 0 atom stereocenters. The summed E-state index contributed by atoms with van der Waals surface area (Å²) < 4.78 is 6.02. The van der Waals surface area contributed by atoms with Gasteiger partial charge in [0, 0.05) is 5.56 Å². The highest BCUT2D eigenvalue weighted by Crippen LogP contribution is 2.32. The number of benzene rings is 2. The Kier molecular flexibility index (Phi) is 11.0. The Morgan fingerprint density at radius 2 is 1.24 bits per heavy atom. The summed E-state index contributed by atoms with van der Waals surface area (Å²) in [6, 6.07) is 14.8. The summed E-state index contributed by atoms with van der Waals surface area (Å²) in [5.74, 6) is -0.158. The molecule has 2 rings (SSSR count). The van der Waals surface area contributed by atoms with E-state index in [9.17, 15) is 9.90 Å². The van der Waals surface area contributed by atoms with Crippen LogP contribution in [0.25, 0.3) is 11.1 Å². The quantitative estimate of drug-likeness (QED) is 0.313. The average molecular weight is 397 g/mol. The second-order valence-corrected chi connectivity index (χ2v) is 7.73. The Bertz CT molecular complexity index is 723. The van der Waals surface area contributed by atoms with E-state index in [0.717, 1.165) is 17.7 Å². The molecule has 0 fully saturated rings. The van der Waals surface area contributed by atoms with E-state index in [1.807, 2.05) is 36.4 Å². The summed E-state index contributed by atoms with van der Waals surface area (Å²) in [6.07, 6.45) is 14.4. The minimum absolute atomic E-state index is 0.304. The summed E-state index contributed by atoms with van der Waals surface area (Å²) in [5, 5.41) is 9.47. The number of para-hydroxylation sites is 1. The molecule has 2 aromatic carbocycles. The molecule has 0 bridgehead atoms. The second-order valence-electron chi connectivity index (χ2n) is 7.73. The highest BCUT2D eigenvalue weighted by atomic mass is 16.5. The van der Waals surface area contributed by atoms with E-state index in [1.165, 1.54) is 64.2 Å². The zero-order chi connectivity index (χ0) is 20.7. The maximum Gasteiger partial charge on any atom is 0.336 e. The predicted molar refractivity (Wildman–Crippen MR) is 121 cm³/mol. The molecule has 3 heteroatoms. The fraction of sp³-hybridized carbons (Fsp3) is 0.500.